The normalized spacial score (nSPS) is 10.2. The molecule has 0 radical (unpaired) electrons. The first-order valence-corrected chi connectivity index (χ1v) is 6.13. The van der Waals surface area contributed by atoms with E-state index in [1.54, 1.807) is 7.11 Å². The Morgan fingerprint density at radius 3 is 2.17 bits per heavy atom. The van der Waals surface area contributed by atoms with Crippen LogP contribution in [0.1, 0.15) is 16.7 Å². The molecule has 1 N–H and O–H groups in total. The zero-order chi connectivity index (χ0) is 13.0. The predicted octanol–water partition coefficient (Wildman–Crippen LogP) is 3.92. The van der Waals surface area contributed by atoms with E-state index in [0.29, 0.717) is 0 Å². The molecule has 0 heterocycles. The van der Waals surface area contributed by atoms with Gasteiger partial charge < -0.3 is 10.1 Å². The lowest BCUT2D eigenvalue weighted by atomic mass is 10.1. The number of nitrogens with one attached hydrogen (secondary N) is 1. The highest BCUT2D eigenvalue weighted by atomic mass is 16.5. The van der Waals surface area contributed by atoms with Gasteiger partial charge in [0.2, 0.25) is 0 Å². The SMILES string of the molecule is COc1cc(C)c(NCc2ccccc2)c(C)c1. The molecule has 0 saturated carbocycles. The van der Waals surface area contributed by atoms with Gasteiger partial charge in [-0.15, -0.1) is 0 Å². The van der Waals surface area contributed by atoms with Gasteiger partial charge in [0.05, 0.1) is 7.11 Å². The van der Waals surface area contributed by atoms with Gasteiger partial charge in [0.25, 0.3) is 0 Å². The minimum absolute atomic E-state index is 0.842. The van der Waals surface area contributed by atoms with Crippen molar-refractivity contribution in [3.63, 3.8) is 0 Å². The van der Waals surface area contributed by atoms with E-state index in [1.807, 2.05) is 6.07 Å². The lowest BCUT2D eigenvalue weighted by Gasteiger charge is -2.14. The first kappa shape index (κ1) is 12.5. The molecule has 0 aliphatic rings. The Balaban J connectivity index is 2.15. The van der Waals surface area contributed by atoms with E-state index < -0.39 is 0 Å². The lowest BCUT2D eigenvalue weighted by Crippen LogP contribution is -2.03. The summed E-state index contributed by atoms with van der Waals surface area (Å²) in [5.74, 6) is 0.912. The maximum absolute atomic E-state index is 5.27. The number of hydrogen-bond donors (Lipinski definition) is 1. The van der Waals surface area contributed by atoms with Crippen molar-refractivity contribution in [2.75, 3.05) is 12.4 Å². The number of anilines is 1. The summed E-state index contributed by atoms with van der Waals surface area (Å²) in [7, 11) is 1.70. The molecule has 0 fully saturated rings. The van der Waals surface area contributed by atoms with Gasteiger partial charge in [-0.05, 0) is 42.7 Å². The van der Waals surface area contributed by atoms with Gasteiger partial charge in [0.15, 0.2) is 0 Å². The summed E-state index contributed by atoms with van der Waals surface area (Å²) in [5, 5.41) is 3.49. The third-order valence-electron chi connectivity index (χ3n) is 3.05. The fraction of sp³-hybridized carbons (Fsp3) is 0.250. The summed E-state index contributed by atoms with van der Waals surface area (Å²) in [5.41, 5.74) is 4.90. The second-order valence-electron chi connectivity index (χ2n) is 4.48. The van der Waals surface area contributed by atoms with Crippen LogP contribution in [0.4, 0.5) is 5.69 Å². The highest BCUT2D eigenvalue weighted by Crippen LogP contribution is 2.26. The highest BCUT2D eigenvalue weighted by Gasteiger charge is 2.05. The van der Waals surface area contributed by atoms with Crippen molar-refractivity contribution in [2.24, 2.45) is 0 Å². The average Bonchev–Trinajstić information content (AvgIpc) is 2.38. The van der Waals surface area contributed by atoms with Gasteiger partial charge in [0, 0.05) is 12.2 Å². The van der Waals surface area contributed by atoms with Gasteiger partial charge in [-0.1, -0.05) is 30.3 Å². The summed E-state index contributed by atoms with van der Waals surface area (Å²) in [6.45, 7) is 5.04. The molecular weight excluding hydrogens is 222 g/mol. The Hall–Kier alpha value is -1.96. The molecule has 2 nitrogen and oxygen atoms in total. The van der Waals surface area contributed by atoms with E-state index in [0.717, 1.165) is 12.3 Å². The van der Waals surface area contributed by atoms with Crippen LogP contribution in [-0.2, 0) is 6.54 Å². The van der Waals surface area contributed by atoms with E-state index in [4.69, 9.17) is 4.74 Å². The third-order valence-corrected chi connectivity index (χ3v) is 3.05. The topological polar surface area (TPSA) is 21.3 Å². The van der Waals surface area contributed by atoms with Crippen molar-refractivity contribution in [3.8, 4) is 5.75 Å². The molecule has 94 valence electrons. The molecule has 0 aliphatic heterocycles. The quantitative estimate of drug-likeness (QED) is 0.875. The van der Waals surface area contributed by atoms with E-state index >= 15 is 0 Å². The summed E-state index contributed by atoms with van der Waals surface area (Å²) in [4.78, 5) is 0. The second kappa shape index (κ2) is 5.58. The zero-order valence-electron chi connectivity index (χ0n) is 11.2. The largest absolute Gasteiger partial charge is 0.497 e. The Morgan fingerprint density at radius 2 is 1.61 bits per heavy atom. The predicted molar refractivity (Wildman–Crippen MR) is 76.2 cm³/mol. The molecule has 2 aromatic carbocycles. The maximum Gasteiger partial charge on any atom is 0.119 e. The Morgan fingerprint density at radius 1 is 1.00 bits per heavy atom. The number of aryl methyl sites for hydroxylation is 2. The number of benzene rings is 2. The molecule has 18 heavy (non-hydrogen) atoms. The van der Waals surface area contributed by atoms with Crippen molar-refractivity contribution in [3.05, 3.63) is 59.2 Å². The molecular formula is C16H19NO. The van der Waals surface area contributed by atoms with Crippen molar-refractivity contribution < 1.29 is 4.74 Å². The van der Waals surface area contributed by atoms with Crippen molar-refractivity contribution >= 4 is 5.69 Å². The van der Waals surface area contributed by atoms with Gasteiger partial charge in [-0.25, -0.2) is 0 Å². The summed E-state index contributed by atoms with van der Waals surface area (Å²) < 4.78 is 5.27. The minimum atomic E-state index is 0.842. The monoisotopic (exact) mass is 241 g/mol. The summed E-state index contributed by atoms with van der Waals surface area (Å²) in [6, 6.07) is 14.5. The van der Waals surface area contributed by atoms with Crippen LogP contribution in [0, 0.1) is 13.8 Å². The first-order valence-electron chi connectivity index (χ1n) is 6.13. The van der Waals surface area contributed by atoms with Crippen molar-refractivity contribution in [1.82, 2.24) is 0 Å². The highest BCUT2D eigenvalue weighted by molar-refractivity contribution is 5.59. The van der Waals surface area contributed by atoms with Gasteiger partial charge in [0.1, 0.15) is 5.75 Å². The third kappa shape index (κ3) is 2.83. The molecule has 2 heteroatoms. The Bertz CT molecular complexity index is 497. The molecule has 0 bridgehead atoms. The van der Waals surface area contributed by atoms with Crippen LogP contribution >= 0.6 is 0 Å². The van der Waals surface area contributed by atoms with Crippen LogP contribution in [0.15, 0.2) is 42.5 Å². The molecule has 2 aromatic rings. The molecule has 0 unspecified atom stereocenters. The van der Waals surface area contributed by atoms with Gasteiger partial charge >= 0.3 is 0 Å². The van der Waals surface area contributed by atoms with Gasteiger partial charge in [-0.3, -0.25) is 0 Å². The first-order chi connectivity index (χ1) is 8.70. The van der Waals surface area contributed by atoms with E-state index in [-0.39, 0.29) is 0 Å². The molecule has 0 aliphatic carbocycles. The number of methoxy groups -OCH3 is 1. The number of ether oxygens (including phenoxy) is 1. The second-order valence-corrected chi connectivity index (χ2v) is 4.48. The minimum Gasteiger partial charge on any atom is -0.497 e. The van der Waals surface area contributed by atoms with Crippen LogP contribution in [0.5, 0.6) is 5.75 Å². The summed E-state index contributed by atoms with van der Waals surface area (Å²) >= 11 is 0. The maximum atomic E-state index is 5.27. The van der Waals surface area contributed by atoms with Crippen molar-refractivity contribution in [2.45, 2.75) is 20.4 Å². The van der Waals surface area contributed by atoms with Crippen LogP contribution in [0.2, 0.25) is 0 Å². The van der Waals surface area contributed by atoms with Gasteiger partial charge in [-0.2, -0.15) is 0 Å². The Kier molecular flexibility index (Phi) is 3.88. The van der Waals surface area contributed by atoms with Crippen LogP contribution in [-0.4, -0.2) is 7.11 Å². The Labute approximate surface area is 109 Å². The molecule has 0 amide bonds. The average molecular weight is 241 g/mol. The molecule has 0 saturated heterocycles. The standard InChI is InChI=1S/C16H19NO/c1-12-9-15(18-3)10-13(2)16(12)17-11-14-7-5-4-6-8-14/h4-10,17H,11H2,1-3H3. The van der Waals surface area contributed by atoms with Crippen molar-refractivity contribution in [1.29, 1.82) is 0 Å². The molecule has 0 atom stereocenters. The smallest absolute Gasteiger partial charge is 0.119 e. The molecule has 0 spiro atoms. The van der Waals surface area contributed by atoms with E-state index in [1.165, 1.54) is 22.4 Å². The van der Waals surface area contributed by atoms with Crippen LogP contribution in [0.3, 0.4) is 0 Å². The fourth-order valence-corrected chi connectivity index (χ4v) is 2.11. The zero-order valence-corrected chi connectivity index (χ0v) is 11.2. The molecule has 0 aromatic heterocycles. The van der Waals surface area contributed by atoms with Crippen LogP contribution < -0.4 is 10.1 Å². The van der Waals surface area contributed by atoms with E-state index in [9.17, 15) is 0 Å². The number of rotatable bonds is 4. The van der Waals surface area contributed by atoms with E-state index in [2.05, 4.69) is 55.6 Å². The molecule has 2 rings (SSSR count). The number of hydrogen-bond acceptors (Lipinski definition) is 2. The summed E-state index contributed by atoms with van der Waals surface area (Å²) in [6.07, 6.45) is 0. The fourth-order valence-electron chi connectivity index (χ4n) is 2.11. The van der Waals surface area contributed by atoms with Crippen LogP contribution in [0.25, 0.3) is 0 Å². The lowest BCUT2D eigenvalue weighted by molar-refractivity contribution is 0.414.